The maximum absolute atomic E-state index is 14.4. The Morgan fingerprint density at radius 2 is 1.92 bits per heavy atom. The first kappa shape index (κ1) is 34.8. The third-order valence-electron chi connectivity index (χ3n) is 14.4. The van der Waals surface area contributed by atoms with E-state index in [4.69, 9.17) is 19.2 Å². The predicted molar refractivity (Wildman–Crippen MR) is 203 cm³/mol. The molecule has 1 saturated carbocycles. The summed E-state index contributed by atoms with van der Waals surface area (Å²) < 4.78 is 17.6. The average molecular weight is 721 g/mol. The van der Waals surface area contributed by atoms with E-state index in [0.29, 0.717) is 61.2 Å². The lowest BCUT2D eigenvalue weighted by molar-refractivity contribution is -0.164. The van der Waals surface area contributed by atoms with Crippen molar-refractivity contribution in [3.05, 3.63) is 70.4 Å². The van der Waals surface area contributed by atoms with Gasteiger partial charge in [0.25, 0.3) is 0 Å². The minimum Gasteiger partial charge on any atom is -0.496 e. The van der Waals surface area contributed by atoms with Gasteiger partial charge in [-0.2, -0.15) is 0 Å². The average Bonchev–Trinajstić information content (AvgIpc) is 3.67. The standard InChI is InChI=1S/C43H52N4O6/c1-7-24-17-23-20-42(41(49)53-6)38(24)47(21-23)16-15-43(50)36-31(45-40(42)43)13-14-33(51-4)35(36)29-18-27-25(8-2)22-46(3)32(34(27)39(48)52-5)19-28-26-11-9-10-12-30(26)44-37(28)29/h8-14,23-24,27,29,32,34,38,44,50H,7,15-22H2,1-6H3/b25-8-/t23-,24+,27+,29-,32+,34+,38+,42+,43+/m1/s1. The first-order chi connectivity index (χ1) is 25.6. The molecule has 6 bridgehead atoms. The highest BCUT2D eigenvalue weighted by atomic mass is 16.5. The van der Waals surface area contributed by atoms with Crippen LogP contribution in [-0.4, -0.2) is 97.6 Å². The van der Waals surface area contributed by atoms with Crippen molar-refractivity contribution >= 4 is 34.2 Å². The molecule has 0 radical (unpaired) electrons. The van der Waals surface area contributed by atoms with Gasteiger partial charge in [-0.25, -0.2) is 0 Å². The summed E-state index contributed by atoms with van der Waals surface area (Å²) in [5.41, 5.74) is 4.71. The van der Waals surface area contributed by atoms with Crippen molar-refractivity contribution in [1.82, 2.24) is 14.8 Å². The Kier molecular flexibility index (Phi) is 8.22. The molecular formula is C43H52N4O6. The van der Waals surface area contributed by atoms with E-state index >= 15 is 0 Å². The number of methoxy groups -OCH3 is 3. The van der Waals surface area contributed by atoms with Crippen molar-refractivity contribution in [1.29, 1.82) is 0 Å². The molecule has 3 aromatic rings. The number of para-hydroxylation sites is 1. The molecule has 1 aromatic heterocycles. The molecule has 2 aromatic carbocycles. The number of aromatic amines is 1. The first-order valence-electron chi connectivity index (χ1n) is 19.5. The van der Waals surface area contributed by atoms with Gasteiger partial charge in [0.05, 0.1) is 38.6 Å². The van der Waals surface area contributed by atoms with Crippen molar-refractivity contribution in [3.63, 3.8) is 0 Å². The maximum atomic E-state index is 14.4. The molecule has 0 amide bonds. The van der Waals surface area contributed by atoms with E-state index in [1.165, 1.54) is 25.4 Å². The molecule has 2 N–H and O–H groups in total. The Morgan fingerprint density at radius 3 is 2.66 bits per heavy atom. The number of carbonyl (C=O) groups excluding carboxylic acids is 2. The quantitative estimate of drug-likeness (QED) is 0.248. The zero-order valence-corrected chi connectivity index (χ0v) is 31.8. The van der Waals surface area contributed by atoms with Crippen LogP contribution >= 0.6 is 0 Å². The summed E-state index contributed by atoms with van der Waals surface area (Å²) in [6.45, 7) is 6.59. The third kappa shape index (κ3) is 4.70. The Morgan fingerprint density at radius 1 is 1.11 bits per heavy atom. The van der Waals surface area contributed by atoms with Gasteiger partial charge in [-0.05, 0) is 87.6 Å². The summed E-state index contributed by atoms with van der Waals surface area (Å²) in [7, 11) is 6.77. The number of esters is 2. The highest BCUT2D eigenvalue weighted by Gasteiger charge is 2.69. The van der Waals surface area contributed by atoms with Gasteiger partial charge in [0.2, 0.25) is 0 Å². The summed E-state index contributed by atoms with van der Waals surface area (Å²) in [6.07, 6.45) is 6.47. The van der Waals surface area contributed by atoms with Crippen molar-refractivity contribution in [2.75, 3.05) is 48.0 Å². The van der Waals surface area contributed by atoms with Crippen molar-refractivity contribution < 1.29 is 28.9 Å². The number of H-pyrrole nitrogens is 1. The van der Waals surface area contributed by atoms with Crippen LogP contribution in [0.4, 0.5) is 5.69 Å². The summed E-state index contributed by atoms with van der Waals surface area (Å²) in [4.78, 5) is 42.3. The van der Waals surface area contributed by atoms with Gasteiger partial charge in [0.15, 0.2) is 0 Å². The smallest absolute Gasteiger partial charge is 0.319 e. The van der Waals surface area contributed by atoms with Crippen LogP contribution in [0.3, 0.4) is 0 Å². The van der Waals surface area contributed by atoms with Gasteiger partial charge < -0.3 is 24.3 Å². The number of ether oxygens (including phenoxy) is 3. The largest absolute Gasteiger partial charge is 0.496 e. The molecule has 10 atom stereocenters. The van der Waals surface area contributed by atoms with E-state index in [0.717, 1.165) is 53.7 Å². The molecule has 5 aliphatic heterocycles. The molecule has 7 aliphatic rings. The summed E-state index contributed by atoms with van der Waals surface area (Å²) in [6, 6.07) is 12.2. The molecule has 10 heteroatoms. The number of carbonyl (C=O) groups is 2. The number of rotatable bonds is 5. The van der Waals surface area contributed by atoms with E-state index in [-0.39, 0.29) is 41.8 Å². The Hall–Kier alpha value is -3.99. The monoisotopic (exact) mass is 720 g/mol. The number of aliphatic imine (C=N–C) groups is 1. The molecule has 2 aliphatic carbocycles. The highest BCUT2D eigenvalue weighted by molar-refractivity contribution is 6.16. The summed E-state index contributed by atoms with van der Waals surface area (Å²) >= 11 is 0. The van der Waals surface area contributed by atoms with Gasteiger partial charge >= 0.3 is 11.9 Å². The van der Waals surface area contributed by atoms with Crippen LogP contribution in [0.2, 0.25) is 0 Å². The van der Waals surface area contributed by atoms with Crippen LogP contribution in [0.25, 0.3) is 10.9 Å². The van der Waals surface area contributed by atoms with E-state index in [1.54, 1.807) is 7.11 Å². The predicted octanol–water partition coefficient (Wildman–Crippen LogP) is 5.88. The normalized spacial score (nSPS) is 36.4. The number of nitrogens with zero attached hydrogens (tertiary/aromatic N) is 3. The number of hydrogen-bond donors (Lipinski definition) is 2. The van der Waals surface area contributed by atoms with Gasteiger partial charge in [-0.1, -0.05) is 43.2 Å². The van der Waals surface area contributed by atoms with Crippen LogP contribution in [0, 0.1) is 29.1 Å². The third-order valence-corrected chi connectivity index (χ3v) is 14.4. The van der Waals surface area contributed by atoms with Gasteiger partial charge in [0, 0.05) is 65.4 Å². The molecule has 10 rings (SSSR count). The lowest BCUT2D eigenvalue weighted by Crippen LogP contribution is -2.68. The fraction of sp³-hybridized carbons (Fsp3) is 0.558. The zero-order valence-electron chi connectivity index (χ0n) is 31.8. The SMILES string of the molecule is C/C=C1/CN(C)[C@H]2Cc3c([nH]c4ccccc34)[C@@H](c3c(OC)ccc4c3[C@@]3(O)CCN5C[C@@H]6C[C@H](CC)[C@H]5[C@@](C(=O)OC)(C6)C3=N4)C[C@@H]1[C@@H]2C(=O)OC. The van der Waals surface area contributed by atoms with Crippen LogP contribution < -0.4 is 4.74 Å². The second kappa shape index (κ2) is 12.5. The fourth-order valence-electron chi connectivity index (χ4n) is 12.4. The Bertz CT molecular complexity index is 2070. The van der Waals surface area contributed by atoms with Gasteiger partial charge in [0.1, 0.15) is 16.8 Å². The molecule has 10 nitrogen and oxygen atoms in total. The highest BCUT2D eigenvalue weighted by Crippen LogP contribution is 2.62. The van der Waals surface area contributed by atoms with Crippen molar-refractivity contribution in [2.45, 2.75) is 76.0 Å². The lowest BCUT2D eigenvalue weighted by Gasteiger charge is -2.58. The number of likely N-dealkylation sites (tertiary alicyclic amines) is 1. The zero-order chi connectivity index (χ0) is 37.0. The molecule has 1 unspecified atom stereocenters. The molecule has 4 saturated heterocycles. The summed E-state index contributed by atoms with van der Waals surface area (Å²) in [5.74, 6) is -0.0116. The second-order valence-electron chi connectivity index (χ2n) is 16.6. The van der Waals surface area contributed by atoms with Crippen LogP contribution in [0.5, 0.6) is 5.75 Å². The molecule has 6 heterocycles. The van der Waals surface area contributed by atoms with Gasteiger partial charge in [-0.15, -0.1) is 0 Å². The van der Waals surface area contributed by atoms with Crippen LogP contribution in [0.15, 0.2) is 53.0 Å². The van der Waals surface area contributed by atoms with E-state index < -0.39 is 11.0 Å². The van der Waals surface area contributed by atoms with E-state index in [2.05, 4.69) is 60.0 Å². The lowest BCUT2D eigenvalue weighted by atomic mass is 9.54. The number of hydrogen-bond acceptors (Lipinski definition) is 9. The number of allylic oxidation sites excluding steroid dienone is 1. The molecule has 0 spiro atoms. The number of benzene rings is 2. The van der Waals surface area contributed by atoms with Crippen molar-refractivity contribution in [3.8, 4) is 5.75 Å². The molecule has 5 fully saturated rings. The van der Waals surface area contributed by atoms with Crippen molar-refractivity contribution in [2.24, 2.45) is 34.1 Å². The first-order valence-corrected chi connectivity index (χ1v) is 19.5. The fourth-order valence-corrected chi connectivity index (χ4v) is 12.4. The molecular weight excluding hydrogens is 668 g/mol. The number of fused-ring (bicyclic) bond motifs is 9. The number of piperidine rings is 3. The second-order valence-corrected chi connectivity index (χ2v) is 16.6. The Balaban J connectivity index is 1.30. The minimum atomic E-state index is -1.53. The topological polar surface area (TPSA) is 117 Å². The molecule has 53 heavy (non-hydrogen) atoms. The minimum absolute atomic E-state index is 0.0605. The molecule has 280 valence electrons. The van der Waals surface area contributed by atoms with Gasteiger partial charge in [-0.3, -0.25) is 24.4 Å². The number of aromatic nitrogens is 1. The Labute approximate surface area is 311 Å². The van der Waals surface area contributed by atoms with Crippen LogP contribution in [-0.2, 0) is 31.1 Å². The maximum Gasteiger partial charge on any atom is 0.319 e. The number of likely N-dealkylation sites (N-methyl/N-ethyl adjacent to an activating group) is 1. The number of aliphatic hydroxyl groups is 1. The van der Waals surface area contributed by atoms with E-state index in [1.807, 2.05) is 18.2 Å². The number of nitrogens with one attached hydrogen (secondary N) is 1. The van der Waals surface area contributed by atoms with E-state index in [9.17, 15) is 14.7 Å². The summed E-state index contributed by atoms with van der Waals surface area (Å²) in [5, 5.41) is 14.7. The van der Waals surface area contributed by atoms with Crippen LogP contribution in [0.1, 0.15) is 74.3 Å².